The topological polar surface area (TPSA) is 0 Å². The Hall–Kier alpha value is -0.456. The maximum Gasteiger partial charge on any atom is 0.0398 e. The van der Waals surface area contributed by atoms with Crippen LogP contribution in [0.5, 0.6) is 0 Å². The number of hydrogen-bond acceptors (Lipinski definition) is 0. The zero-order valence-electron chi connectivity index (χ0n) is 13.7. The molecule has 1 heteroatoms. The molecule has 0 nitrogen and oxygen atoms in total. The minimum atomic E-state index is -0.437. The summed E-state index contributed by atoms with van der Waals surface area (Å²) in [6.45, 7) is 0. The minimum Gasteiger partial charge on any atom is -0.226 e. The molecule has 1 radical (unpaired) electrons. The molecule has 2 aromatic rings. The van der Waals surface area contributed by atoms with E-state index in [1.54, 1.807) is 0 Å². The average Bonchev–Trinajstić information content (AvgIpc) is 2.36. The summed E-state index contributed by atoms with van der Waals surface area (Å²) in [5.74, 6) is 0. The van der Waals surface area contributed by atoms with Crippen LogP contribution in [0.25, 0.3) is 11.1 Å². The van der Waals surface area contributed by atoms with Gasteiger partial charge in [-0.3, -0.25) is 0 Å². The second kappa shape index (κ2) is 5.31. The van der Waals surface area contributed by atoms with Crippen molar-refractivity contribution < 1.29 is 42.3 Å². The normalized spacial score (nSPS) is 16.5. The van der Waals surface area contributed by atoms with Crippen molar-refractivity contribution in [2.75, 3.05) is 0 Å². The molecule has 0 heterocycles. The first kappa shape index (κ1) is 4.38. The summed E-state index contributed by atoms with van der Waals surface area (Å²) in [4.78, 5) is 0. The van der Waals surface area contributed by atoms with E-state index in [1.165, 1.54) is 0 Å². The van der Waals surface area contributed by atoms with Gasteiger partial charge >= 0.3 is 0 Å². The van der Waals surface area contributed by atoms with Crippen LogP contribution in [0.15, 0.2) is 48.4 Å². The van der Waals surface area contributed by atoms with Crippen LogP contribution in [0.2, 0.25) is 0 Å². The molecule has 2 aromatic carbocycles. The molecule has 0 amide bonds. The van der Waals surface area contributed by atoms with E-state index in [0.717, 1.165) is 6.07 Å². The first-order chi connectivity index (χ1) is 8.82. The van der Waals surface area contributed by atoms with Crippen molar-refractivity contribution in [3.63, 3.8) is 0 Å². The molecule has 0 aliphatic rings. The van der Waals surface area contributed by atoms with E-state index in [1.807, 2.05) is 0 Å². The van der Waals surface area contributed by atoms with Gasteiger partial charge in [-0.25, -0.2) is 11.1 Å². The predicted molar refractivity (Wildman–Crippen MR) is 49.6 cm³/mol. The second-order valence-electron chi connectivity index (χ2n) is 2.06. The first-order valence-electron chi connectivity index (χ1n) is 6.83. The average molecular weight is 248 g/mol. The number of hydrogen-bond donors (Lipinski definition) is 0. The molecule has 13 heavy (non-hydrogen) atoms. The summed E-state index contributed by atoms with van der Waals surface area (Å²) in [5, 5.41) is 0. The van der Waals surface area contributed by atoms with Gasteiger partial charge in [0.25, 0.3) is 0 Å². The number of benzene rings is 2. The van der Waals surface area contributed by atoms with Gasteiger partial charge in [-0.2, -0.15) is 48.4 Å². The molecular formula is C12H8Y-2. The van der Waals surface area contributed by atoms with E-state index in [9.17, 15) is 0 Å². The molecule has 0 saturated heterocycles. The maximum absolute atomic E-state index is 7.76. The van der Waals surface area contributed by atoms with Gasteiger partial charge in [-0.05, 0) is 4.11 Å². The summed E-state index contributed by atoms with van der Waals surface area (Å²) in [7, 11) is 0. The van der Waals surface area contributed by atoms with Crippen LogP contribution < -0.4 is 0 Å². The molecule has 0 unspecified atom stereocenters. The third kappa shape index (κ3) is 2.75. The first-order valence-corrected chi connectivity index (χ1v) is 3.33. The molecular weight excluding hydrogens is 233 g/mol. The molecule has 2 rings (SSSR count). The van der Waals surface area contributed by atoms with Gasteiger partial charge in [0.05, 0.1) is 0 Å². The molecule has 0 N–H and O–H groups in total. The SMILES string of the molecule is [2H]c1[c-]c(-c2[c-]c([2H])c([2H])c([2H])c2[2H])c([2H])c([2H])c1.[Y]. The molecule has 0 atom stereocenters. The molecule has 0 spiro atoms. The minimum absolute atomic E-state index is 0. The van der Waals surface area contributed by atoms with Crippen molar-refractivity contribution in [3.8, 4) is 11.1 Å². The Labute approximate surface area is 114 Å². The van der Waals surface area contributed by atoms with Crippen LogP contribution in [0, 0.1) is 12.1 Å². The van der Waals surface area contributed by atoms with Crippen LogP contribution >= 0.6 is 0 Å². The molecule has 0 aliphatic heterocycles. The second-order valence-corrected chi connectivity index (χ2v) is 2.06. The zero-order chi connectivity index (χ0) is 14.3. The molecule has 0 fully saturated rings. The van der Waals surface area contributed by atoms with Crippen LogP contribution in [-0.2, 0) is 32.7 Å². The van der Waals surface area contributed by atoms with Crippen molar-refractivity contribution >= 4 is 0 Å². The Balaban J connectivity index is 0.00000200. The van der Waals surface area contributed by atoms with E-state index in [-0.39, 0.29) is 74.0 Å². The van der Waals surface area contributed by atoms with Crippen LogP contribution in [-0.4, -0.2) is 0 Å². The van der Waals surface area contributed by atoms with E-state index < -0.39 is 12.1 Å². The van der Waals surface area contributed by atoms with Crippen molar-refractivity contribution in [2.45, 2.75) is 0 Å². The smallest absolute Gasteiger partial charge is 0.0398 e. The molecule has 0 aromatic heterocycles. The quantitative estimate of drug-likeness (QED) is 0.680. The molecule has 0 aliphatic carbocycles. The summed E-state index contributed by atoms with van der Waals surface area (Å²) in [6.07, 6.45) is 0. The fourth-order valence-corrected chi connectivity index (χ4v) is 0.784. The Morgan fingerprint density at radius 2 is 1.62 bits per heavy atom. The van der Waals surface area contributed by atoms with E-state index in [2.05, 4.69) is 12.1 Å². The molecule has 61 valence electrons. The number of rotatable bonds is 1. The fourth-order valence-electron chi connectivity index (χ4n) is 0.784. The van der Waals surface area contributed by atoms with Crippen LogP contribution in [0.3, 0.4) is 0 Å². The molecule has 0 bridgehead atoms. The van der Waals surface area contributed by atoms with E-state index in [0.29, 0.717) is 0 Å². The van der Waals surface area contributed by atoms with Crippen molar-refractivity contribution in [2.24, 2.45) is 0 Å². The van der Waals surface area contributed by atoms with Crippen molar-refractivity contribution in [3.05, 3.63) is 60.5 Å². The van der Waals surface area contributed by atoms with Gasteiger partial charge in [-0.15, -0.1) is 12.1 Å². The fraction of sp³-hybridized carbons (Fsp3) is 0. The van der Waals surface area contributed by atoms with Crippen LogP contribution in [0.1, 0.15) is 9.60 Å². The van der Waals surface area contributed by atoms with E-state index >= 15 is 0 Å². The Kier molecular flexibility index (Phi) is 1.79. The van der Waals surface area contributed by atoms with Gasteiger partial charge < -0.3 is 0 Å². The van der Waals surface area contributed by atoms with Crippen molar-refractivity contribution in [1.82, 2.24) is 0 Å². The van der Waals surface area contributed by atoms with E-state index in [4.69, 9.17) is 9.60 Å². The Bertz CT molecular complexity index is 670. The predicted octanol–water partition coefficient (Wildman–Crippen LogP) is 2.95. The van der Waals surface area contributed by atoms with Gasteiger partial charge in [0.15, 0.2) is 0 Å². The Morgan fingerprint density at radius 3 is 2.46 bits per heavy atom. The monoisotopic (exact) mass is 248 g/mol. The summed E-state index contributed by atoms with van der Waals surface area (Å²) in [6, 6.07) is 4.03. The standard InChI is InChI=1S/C12H8.Y/c1-3-7-11(8-4-1)12-9-5-2-6-10-12;/h1-7,9H;/q-2;/i1D,3D,4D,5D,6D,7D,9D;. The largest absolute Gasteiger partial charge is 0.226 e. The van der Waals surface area contributed by atoms with Gasteiger partial charge in [0, 0.05) is 38.2 Å². The van der Waals surface area contributed by atoms with Gasteiger partial charge in [0.2, 0.25) is 0 Å². The third-order valence-corrected chi connectivity index (χ3v) is 1.29. The summed E-state index contributed by atoms with van der Waals surface area (Å²) in [5.41, 5.74) is -0.0527. The Morgan fingerprint density at radius 1 is 0.923 bits per heavy atom. The van der Waals surface area contributed by atoms with Gasteiger partial charge in [0.1, 0.15) is 0 Å². The third-order valence-electron chi connectivity index (χ3n) is 1.29. The summed E-state index contributed by atoms with van der Waals surface area (Å²) >= 11 is 0. The van der Waals surface area contributed by atoms with Crippen LogP contribution in [0.4, 0.5) is 0 Å². The zero-order valence-corrected chi connectivity index (χ0v) is 9.49. The van der Waals surface area contributed by atoms with Gasteiger partial charge in [-0.1, -0.05) is 0 Å². The van der Waals surface area contributed by atoms with Crippen molar-refractivity contribution in [1.29, 1.82) is 0 Å². The molecule has 0 saturated carbocycles. The maximum atomic E-state index is 7.76. The summed E-state index contributed by atoms with van der Waals surface area (Å²) < 4.78 is 53.0.